The van der Waals surface area contributed by atoms with Crippen molar-refractivity contribution in [1.29, 1.82) is 0 Å². The molecule has 0 aliphatic carbocycles. The van der Waals surface area contributed by atoms with E-state index in [-0.39, 0.29) is 11.6 Å². The predicted molar refractivity (Wildman–Crippen MR) is 49.2 cm³/mol. The van der Waals surface area contributed by atoms with Gasteiger partial charge in [-0.05, 0) is 6.07 Å². The van der Waals surface area contributed by atoms with Crippen LogP contribution in [0.2, 0.25) is 0 Å². The topological polar surface area (TPSA) is 52.4 Å². The van der Waals surface area contributed by atoms with E-state index in [9.17, 15) is 10.1 Å². The Morgan fingerprint density at radius 1 is 1.62 bits per heavy atom. The normalized spacial score (nSPS) is 9.69. The van der Waals surface area contributed by atoms with Crippen LogP contribution in [0.15, 0.2) is 18.2 Å². The van der Waals surface area contributed by atoms with Crippen LogP contribution in [0.3, 0.4) is 0 Å². The minimum atomic E-state index is -0.463. The number of nitrogens with zero attached hydrogens (tertiary/aromatic N) is 1. The lowest BCUT2D eigenvalue weighted by molar-refractivity contribution is -0.384. The Kier molecular flexibility index (Phi) is 3.08. The van der Waals surface area contributed by atoms with Crippen LogP contribution in [0.1, 0.15) is 5.56 Å². The molecule has 13 heavy (non-hydrogen) atoms. The molecule has 70 valence electrons. The molecule has 1 aromatic rings. The zero-order valence-corrected chi connectivity index (χ0v) is 7.75. The van der Waals surface area contributed by atoms with Gasteiger partial charge in [0.05, 0.1) is 17.9 Å². The Morgan fingerprint density at radius 3 is 2.77 bits per heavy atom. The number of non-ortho nitro benzene ring substituents is 1. The second-order valence-corrected chi connectivity index (χ2v) is 2.65. The molecule has 0 fully saturated rings. The van der Waals surface area contributed by atoms with Crippen LogP contribution in [0.5, 0.6) is 5.75 Å². The minimum Gasteiger partial charge on any atom is -0.496 e. The second kappa shape index (κ2) is 4.09. The van der Waals surface area contributed by atoms with Gasteiger partial charge in [-0.25, -0.2) is 0 Å². The number of hydrogen-bond acceptors (Lipinski definition) is 3. The molecular weight excluding hydrogens is 194 g/mol. The highest BCUT2D eigenvalue weighted by Crippen LogP contribution is 2.24. The summed E-state index contributed by atoms with van der Waals surface area (Å²) in [6.45, 7) is 0. The molecule has 0 bridgehead atoms. The zero-order valence-electron chi connectivity index (χ0n) is 6.99. The summed E-state index contributed by atoms with van der Waals surface area (Å²) in [6.07, 6.45) is 0. The standard InChI is InChI=1S/C8H8ClNO3/c1-13-8-3-2-7(10(11)12)4-6(8)5-9/h2-4H,5H2,1H3. The van der Waals surface area contributed by atoms with Crippen molar-refractivity contribution in [2.24, 2.45) is 0 Å². The lowest BCUT2D eigenvalue weighted by atomic mass is 10.2. The average Bonchev–Trinajstić information content (AvgIpc) is 2.16. The predicted octanol–water partition coefficient (Wildman–Crippen LogP) is 2.34. The maximum Gasteiger partial charge on any atom is 0.270 e. The first kappa shape index (κ1) is 9.80. The summed E-state index contributed by atoms with van der Waals surface area (Å²) in [6, 6.07) is 4.33. The van der Waals surface area contributed by atoms with Gasteiger partial charge in [0, 0.05) is 17.7 Å². The molecule has 0 N–H and O–H groups in total. The van der Waals surface area contributed by atoms with Crippen molar-refractivity contribution >= 4 is 17.3 Å². The Labute approximate surface area is 80.2 Å². The molecule has 0 atom stereocenters. The van der Waals surface area contributed by atoms with E-state index < -0.39 is 4.92 Å². The van der Waals surface area contributed by atoms with Gasteiger partial charge in [-0.3, -0.25) is 10.1 Å². The molecule has 0 saturated carbocycles. The van der Waals surface area contributed by atoms with Gasteiger partial charge < -0.3 is 4.74 Å². The van der Waals surface area contributed by atoms with Gasteiger partial charge in [-0.1, -0.05) is 0 Å². The number of methoxy groups -OCH3 is 1. The molecule has 0 spiro atoms. The highest BCUT2D eigenvalue weighted by atomic mass is 35.5. The minimum absolute atomic E-state index is 0.0245. The van der Waals surface area contributed by atoms with Gasteiger partial charge in [-0.15, -0.1) is 11.6 Å². The van der Waals surface area contributed by atoms with Gasteiger partial charge in [0.25, 0.3) is 5.69 Å². The first-order valence-electron chi connectivity index (χ1n) is 3.56. The van der Waals surface area contributed by atoms with Crippen molar-refractivity contribution in [1.82, 2.24) is 0 Å². The van der Waals surface area contributed by atoms with Gasteiger partial charge in [-0.2, -0.15) is 0 Å². The number of hydrogen-bond donors (Lipinski definition) is 0. The molecular formula is C8H8ClNO3. The van der Waals surface area contributed by atoms with Gasteiger partial charge in [0.1, 0.15) is 5.75 Å². The first-order valence-corrected chi connectivity index (χ1v) is 4.09. The monoisotopic (exact) mass is 201 g/mol. The number of rotatable bonds is 3. The number of nitro benzene ring substituents is 1. The van der Waals surface area contributed by atoms with Crippen LogP contribution in [-0.2, 0) is 5.88 Å². The SMILES string of the molecule is COc1ccc([N+](=O)[O-])cc1CCl. The Morgan fingerprint density at radius 2 is 2.31 bits per heavy atom. The van der Waals surface area contributed by atoms with Crippen molar-refractivity contribution in [3.05, 3.63) is 33.9 Å². The van der Waals surface area contributed by atoms with Crippen LogP contribution in [-0.4, -0.2) is 12.0 Å². The molecule has 0 unspecified atom stereocenters. The number of nitro groups is 1. The summed E-state index contributed by atoms with van der Waals surface area (Å²) in [5.74, 6) is 0.769. The molecule has 0 radical (unpaired) electrons. The van der Waals surface area contributed by atoms with Crippen LogP contribution in [0.4, 0.5) is 5.69 Å². The van der Waals surface area contributed by atoms with Crippen molar-refractivity contribution in [3.8, 4) is 5.75 Å². The maximum atomic E-state index is 10.4. The highest BCUT2D eigenvalue weighted by Gasteiger charge is 2.09. The molecule has 4 nitrogen and oxygen atoms in total. The first-order chi connectivity index (χ1) is 6.19. The summed E-state index contributed by atoms with van der Waals surface area (Å²) < 4.78 is 4.96. The van der Waals surface area contributed by atoms with E-state index >= 15 is 0 Å². The quantitative estimate of drug-likeness (QED) is 0.429. The third-order valence-corrected chi connectivity index (χ3v) is 1.91. The molecule has 1 rings (SSSR count). The van der Waals surface area contributed by atoms with E-state index in [1.165, 1.54) is 25.3 Å². The second-order valence-electron chi connectivity index (χ2n) is 2.39. The Bertz CT molecular complexity index is 327. The number of alkyl halides is 1. The van der Waals surface area contributed by atoms with E-state index in [2.05, 4.69) is 0 Å². The van der Waals surface area contributed by atoms with Crippen LogP contribution < -0.4 is 4.74 Å². The van der Waals surface area contributed by atoms with Crippen molar-refractivity contribution in [2.75, 3.05) is 7.11 Å². The van der Waals surface area contributed by atoms with E-state index in [1.807, 2.05) is 0 Å². The van der Waals surface area contributed by atoms with Gasteiger partial charge in [0.15, 0.2) is 0 Å². The van der Waals surface area contributed by atoms with Crippen LogP contribution in [0, 0.1) is 10.1 Å². The Balaban J connectivity index is 3.13. The van der Waals surface area contributed by atoms with E-state index in [4.69, 9.17) is 16.3 Å². The summed E-state index contributed by atoms with van der Waals surface area (Å²) in [5, 5.41) is 10.4. The Hall–Kier alpha value is -1.29. The van der Waals surface area contributed by atoms with E-state index in [0.717, 1.165) is 0 Å². The fraction of sp³-hybridized carbons (Fsp3) is 0.250. The van der Waals surface area contributed by atoms with E-state index in [1.54, 1.807) is 0 Å². The molecule has 0 saturated heterocycles. The molecule has 0 aliphatic heterocycles. The summed E-state index contributed by atoms with van der Waals surface area (Å²) in [4.78, 5) is 9.93. The number of halogens is 1. The van der Waals surface area contributed by atoms with Gasteiger partial charge >= 0.3 is 0 Å². The van der Waals surface area contributed by atoms with E-state index in [0.29, 0.717) is 11.3 Å². The van der Waals surface area contributed by atoms with Crippen LogP contribution in [0.25, 0.3) is 0 Å². The summed E-state index contributed by atoms with van der Waals surface area (Å²) >= 11 is 5.58. The molecule has 0 amide bonds. The summed E-state index contributed by atoms with van der Waals surface area (Å²) in [5.41, 5.74) is 0.648. The summed E-state index contributed by atoms with van der Waals surface area (Å²) in [7, 11) is 1.50. The molecule has 5 heteroatoms. The lowest BCUT2D eigenvalue weighted by Crippen LogP contribution is -1.93. The number of benzene rings is 1. The largest absolute Gasteiger partial charge is 0.496 e. The third-order valence-electron chi connectivity index (χ3n) is 1.62. The zero-order chi connectivity index (χ0) is 9.84. The smallest absolute Gasteiger partial charge is 0.270 e. The van der Waals surface area contributed by atoms with Crippen molar-refractivity contribution in [2.45, 2.75) is 5.88 Å². The fourth-order valence-electron chi connectivity index (χ4n) is 0.983. The molecule has 0 heterocycles. The fourth-order valence-corrected chi connectivity index (χ4v) is 1.19. The van der Waals surface area contributed by atoms with Gasteiger partial charge in [0.2, 0.25) is 0 Å². The molecule has 1 aromatic carbocycles. The van der Waals surface area contributed by atoms with Crippen LogP contribution >= 0.6 is 11.6 Å². The molecule has 0 aliphatic rings. The van der Waals surface area contributed by atoms with Crippen molar-refractivity contribution < 1.29 is 9.66 Å². The molecule has 0 aromatic heterocycles. The average molecular weight is 202 g/mol. The number of ether oxygens (including phenoxy) is 1. The highest BCUT2D eigenvalue weighted by molar-refractivity contribution is 6.17. The van der Waals surface area contributed by atoms with Crippen molar-refractivity contribution in [3.63, 3.8) is 0 Å². The maximum absolute atomic E-state index is 10.4. The lowest BCUT2D eigenvalue weighted by Gasteiger charge is -2.04. The third kappa shape index (κ3) is 2.09.